The maximum absolute atomic E-state index is 10.4. The van der Waals surface area contributed by atoms with Gasteiger partial charge in [0.25, 0.3) is 0 Å². The second-order valence-corrected chi connectivity index (χ2v) is 2.89. The minimum absolute atomic E-state index is 0.208. The Morgan fingerprint density at radius 1 is 1.75 bits per heavy atom. The Hall–Kier alpha value is -0.0600. The molecule has 3 heteroatoms. The average molecular weight is 224 g/mol. The van der Waals surface area contributed by atoms with E-state index in [1.54, 1.807) is 0 Å². The Bertz CT molecular complexity index is 139. The molecular weight excluding hydrogens is 219 g/mol. The van der Waals surface area contributed by atoms with Crippen molar-refractivity contribution in [3.63, 3.8) is 0 Å². The van der Waals surface area contributed by atoms with E-state index < -0.39 is 0 Å². The van der Waals surface area contributed by atoms with Gasteiger partial charge in [-0.25, -0.2) is 4.79 Å². The van der Waals surface area contributed by atoms with Gasteiger partial charge in [0, 0.05) is 16.1 Å². The number of cyclic esters (lactones) is 1. The molecule has 0 fully saturated rings. The van der Waals surface area contributed by atoms with Gasteiger partial charge >= 0.3 is 5.97 Å². The summed E-state index contributed by atoms with van der Waals surface area (Å²) in [5.74, 6) is -0.208. The summed E-state index contributed by atoms with van der Waals surface area (Å²) in [6, 6.07) is 0. The Morgan fingerprint density at radius 2 is 2.50 bits per heavy atom. The maximum Gasteiger partial charge on any atom is 0.331 e. The van der Waals surface area contributed by atoms with E-state index in [9.17, 15) is 4.79 Å². The molecule has 1 aliphatic rings. The van der Waals surface area contributed by atoms with Gasteiger partial charge in [-0.2, -0.15) is 0 Å². The third kappa shape index (κ3) is 1.47. The summed E-state index contributed by atoms with van der Waals surface area (Å²) in [6.07, 6.45) is 2.40. The second-order valence-electron chi connectivity index (χ2n) is 1.51. The normalized spacial score (nSPS) is 19.6. The summed E-state index contributed by atoms with van der Waals surface area (Å²) in [5, 5.41) is 0. The molecule has 0 N–H and O–H groups in total. The number of hydrogen-bond donors (Lipinski definition) is 0. The summed E-state index contributed by atoms with van der Waals surface area (Å²) in [6.45, 7) is 0.549. The molecule has 0 radical (unpaired) electrons. The summed E-state index contributed by atoms with van der Waals surface area (Å²) in [4.78, 5) is 10.4. The molecule has 1 rings (SSSR count). The first-order chi connectivity index (χ1) is 3.79. The third-order valence-electron chi connectivity index (χ3n) is 0.860. The lowest BCUT2D eigenvalue weighted by molar-refractivity contribution is -0.138. The van der Waals surface area contributed by atoms with Crippen molar-refractivity contribution in [3.8, 4) is 0 Å². The Labute approximate surface area is 61.0 Å². The van der Waals surface area contributed by atoms with E-state index in [1.165, 1.54) is 6.08 Å². The van der Waals surface area contributed by atoms with Crippen LogP contribution in [0.15, 0.2) is 9.66 Å². The van der Waals surface area contributed by atoms with Crippen LogP contribution in [0.4, 0.5) is 0 Å². The van der Waals surface area contributed by atoms with Crippen molar-refractivity contribution in [3.05, 3.63) is 9.66 Å². The fraction of sp³-hybridized carbons (Fsp3) is 0.400. The highest BCUT2D eigenvalue weighted by Crippen LogP contribution is 2.14. The molecule has 44 valence electrons. The SMILES string of the molecule is O=C1C=C(I)CCO1. The van der Waals surface area contributed by atoms with Gasteiger partial charge in [-0.3, -0.25) is 0 Å². The molecule has 0 aliphatic carbocycles. The summed E-state index contributed by atoms with van der Waals surface area (Å²) in [5.41, 5.74) is 0. The zero-order valence-electron chi connectivity index (χ0n) is 4.19. The Morgan fingerprint density at radius 3 is 2.88 bits per heavy atom. The molecule has 8 heavy (non-hydrogen) atoms. The van der Waals surface area contributed by atoms with Crippen molar-refractivity contribution in [2.75, 3.05) is 6.61 Å². The molecule has 0 saturated heterocycles. The van der Waals surface area contributed by atoms with Gasteiger partial charge in [-0.05, 0) is 22.6 Å². The molecule has 0 aromatic rings. The lowest BCUT2D eigenvalue weighted by Crippen LogP contribution is -2.07. The van der Waals surface area contributed by atoms with Crippen molar-refractivity contribution in [2.45, 2.75) is 6.42 Å². The zero-order valence-corrected chi connectivity index (χ0v) is 6.34. The molecule has 0 spiro atoms. The first-order valence-electron chi connectivity index (χ1n) is 2.32. The highest BCUT2D eigenvalue weighted by atomic mass is 127. The molecule has 0 bridgehead atoms. The van der Waals surface area contributed by atoms with Crippen LogP contribution in [-0.4, -0.2) is 12.6 Å². The zero-order chi connectivity index (χ0) is 5.98. The predicted octanol–water partition coefficient (Wildman–Crippen LogP) is 1.25. The van der Waals surface area contributed by atoms with E-state index in [2.05, 4.69) is 27.3 Å². The molecule has 1 aliphatic heterocycles. The Balaban J connectivity index is 2.64. The van der Waals surface area contributed by atoms with Crippen molar-refractivity contribution in [2.24, 2.45) is 0 Å². The first kappa shape index (κ1) is 6.07. The molecule has 0 unspecified atom stereocenters. The average Bonchev–Trinajstić information content (AvgIpc) is 1.64. The van der Waals surface area contributed by atoms with Gasteiger partial charge in [-0.15, -0.1) is 0 Å². The van der Waals surface area contributed by atoms with Gasteiger partial charge in [0.05, 0.1) is 6.61 Å². The lowest BCUT2D eigenvalue weighted by atomic mass is 10.3. The molecule has 0 amide bonds. The minimum atomic E-state index is -0.208. The molecule has 1 heterocycles. The van der Waals surface area contributed by atoms with Gasteiger partial charge in [-0.1, -0.05) is 0 Å². The van der Waals surface area contributed by atoms with Gasteiger partial charge in [0.2, 0.25) is 0 Å². The summed E-state index contributed by atoms with van der Waals surface area (Å²) in [7, 11) is 0. The number of rotatable bonds is 0. The van der Waals surface area contributed by atoms with Crippen LogP contribution in [0.25, 0.3) is 0 Å². The Kier molecular flexibility index (Phi) is 1.88. The van der Waals surface area contributed by atoms with Gasteiger partial charge in [0.1, 0.15) is 0 Å². The van der Waals surface area contributed by atoms with Crippen LogP contribution in [0.5, 0.6) is 0 Å². The number of carbonyl (C=O) groups is 1. The van der Waals surface area contributed by atoms with Crippen LogP contribution in [0.2, 0.25) is 0 Å². The van der Waals surface area contributed by atoms with E-state index >= 15 is 0 Å². The van der Waals surface area contributed by atoms with Crippen molar-refractivity contribution >= 4 is 28.6 Å². The third-order valence-corrected chi connectivity index (χ3v) is 1.71. The highest BCUT2D eigenvalue weighted by Gasteiger charge is 2.06. The molecule has 0 aromatic heterocycles. The summed E-state index contributed by atoms with van der Waals surface area (Å²) >= 11 is 2.13. The number of hydrogen-bond acceptors (Lipinski definition) is 2. The fourth-order valence-electron chi connectivity index (χ4n) is 0.491. The topological polar surface area (TPSA) is 26.3 Å². The van der Waals surface area contributed by atoms with Crippen molar-refractivity contribution in [1.29, 1.82) is 0 Å². The van der Waals surface area contributed by atoms with E-state index in [0.29, 0.717) is 6.61 Å². The largest absolute Gasteiger partial charge is 0.462 e. The smallest absolute Gasteiger partial charge is 0.331 e. The van der Waals surface area contributed by atoms with Crippen LogP contribution in [0, 0.1) is 0 Å². The van der Waals surface area contributed by atoms with E-state index in [0.717, 1.165) is 10.0 Å². The quantitative estimate of drug-likeness (QED) is 0.457. The van der Waals surface area contributed by atoms with Crippen molar-refractivity contribution in [1.82, 2.24) is 0 Å². The number of carbonyl (C=O) groups excluding carboxylic acids is 1. The van der Waals surface area contributed by atoms with E-state index in [4.69, 9.17) is 0 Å². The van der Waals surface area contributed by atoms with Crippen LogP contribution < -0.4 is 0 Å². The number of ether oxygens (including phenoxy) is 1. The molecule has 0 saturated carbocycles. The number of esters is 1. The molecular formula is C5H5IO2. The predicted molar refractivity (Wildman–Crippen MR) is 37.7 cm³/mol. The van der Waals surface area contributed by atoms with Gasteiger partial charge < -0.3 is 4.74 Å². The van der Waals surface area contributed by atoms with Crippen LogP contribution in [0.3, 0.4) is 0 Å². The monoisotopic (exact) mass is 224 g/mol. The van der Waals surface area contributed by atoms with Crippen LogP contribution >= 0.6 is 22.6 Å². The molecule has 2 nitrogen and oxygen atoms in total. The lowest BCUT2D eigenvalue weighted by Gasteiger charge is -2.06. The first-order valence-corrected chi connectivity index (χ1v) is 3.40. The van der Waals surface area contributed by atoms with E-state index in [1.807, 2.05) is 0 Å². The van der Waals surface area contributed by atoms with Crippen molar-refractivity contribution < 1.29 is 9.53 Å². The second kappa shape index (κ2) is 2.48. The molecule has 0 aromatic carbocycles. The fourth-order valence-corrected chi connectivity index (χ4v) is 0.965. The van der Waals surface area contributed by atoms with Crippen LogP contribution in [-0.2, 0) is 9.53 Å². The molecule has 0 atom stereocenters. The maximum atomic E-state index is 10.4. The number of halogens is 1. The highest BCUT2D eigenvalue weighted by molar-refractivity contribution is 14.1. The minimum Gasteiger partial charge on any atom is -0.462 e. The summed E-state index contributed by atoms with van der Waals surface area (Å²) < 4.78 is 5.71. The van der Waals surface area contributed by atoms with E-state index in [-0.39, 0.29) is 5.97 Å². The van der Waals surface area contributed by atoms with Crippen LogP contribution in [0.1, 0.15) is 6.42 Å². The standard InChI is InChI=1S/C5H5IO2/c6-4-1-2-8-5(7)3-4/h3H,1-2H2. The van der Waals surface area contributed by atoms with Gasteiger partial charge in [0.15, 0.2) is 0 Å².